The molecule has 1 amide bonds. The van der Waals surface area contributed by atoms with Crippen LogP contribution in [0.15, 0.2) is 39.9 Å². The first-order valence-corrected chi connectivity index (χ1v) is 11.0. The summed E-state index contributed by atoms with van der Waals surface area (Å²) in [6.07, 6.45) is 7.68. The van der Waals surface area contributed by atoms with Crippen LogP contribution in [-0.4, -0.2) is 22.0 Å². The normalized spacial score (nSPS) is 14.2. The third kappa shape index (κ3) is 5.20. The van der Waals surface area contributed by atoms with E-state index >= 15 is 0 Å². The molecule has 0 atom stereocenters. The van der Waals surface area contributed by atoms with Crippen molar-refractivity contribution in [2.75, 3.05) is 17.2 Å². The molecule has 2 aromatic rings. The number of benzene rings is 1. The van der Waals surface area contributed by atoms with E-state index in [2.05, 4.69) is 4.98 Å². The fraction of sp³-hybridized carbons (Fsp3) is 0.522. The van der Waals surface area contributed by atoms with Crippen molar-refractivity contribution in [2.45, 2.75) is 64.8 Å². The maximum atomic E-state index is 13.1. The number of unbranched alkanes of at least 4 members (excludes halogenated alkanes) is 1. The minimum Gasteiger partial charge on any atom is -0.383 e. The highest BCUT2D eigenvalue weighted by Gasteiger charge is 2.25. The Balaban J connectivity index is 1.91. The summed E-state index contributed by atoms with van der Waals surface area (Å²) < 4.78 is 1.33. The summed E-state index contributed by atoms with van der Waals surface area (Å²) in [5, 5.41) is 0. The topological polar surface area (TPSA) is 101 Å². The molecule has 0 unspecified atom stereocenters. The molecule has 0 aliphatic heterocycles. The number of rotatable bonds is 9. The molecule has 3 N–H and O–H groups in total. The first-order chi connectivity index (χ1) is 14.5. The third-order valence-electron chi connectivity index (χ3n) is 5.95. The van der Waals surface area contributed by atoms with Gasteiger partial charge in [0.05, 0.1) is 6.54 Å². The van der Waals surface area contributed by atoms with Crippen molar-refractivity contribution in [1.29, 1.82) is 0 Å². The number of nitrogen functional groups attached to an aromatic ring is 1. The van der Waals surface area contributed by atoms with Crippen LogP contribution in [0, 0.1) is 5.92 Å². The van der Waals surface area contributed by atoms with E-state index < -0.39 is 11.2 Å². The van der Waals surface area contributed by atoms with Gasteiger partial charge in [0.1, 0.15) is 5.82 Å². The van der Waals surface area contributed by atoms with Gasteiger partial charge in [-0.3, -0.25) is 19.1 Å². The van der Waals surface area contributed by atoms with Gasteiger partial charge in [-0.25, -0.2) is 4.79 Å². The number of aromatic amines is 1. The summed E-state index contributed by atoms with van der Waals surface area (Å²) in [4.78, 5) is 42.1. The van der Waals surface area contributed by atoms with E-state index in [9.17, 15) is 14.4 Å². The minimum absolute atomic E-state index is 0.0397. The molecule has 162 valence electrons. The van der Waals surface area contributed by atoms with Gasteiger partial charge >= 0.3 is 5.69 Å². The first kappa shape index (κ1) is 21.9. The fourth-order valence-corrected chi connectivity index (χ4v) is 4.20. The molecular formula is C23H32N4O3. The Morgan fingerprint density at radius 1 is 1.20 bits per heavy atom. The lowest BCUT2D eigenvalue weighted by atomic mass is 10.0. The Morgan fingerprint density at radius 3 is 2.57 bits per heavy atom. The average molecular weight is 413 g/mol. The van der Waals surface area contributed by atoms with Crippen molar-refractivity contribution in [2.24, 2.45) is 5.92 Å². The molecule has 1 aromatic heterocycles. The van der Waals surface area contributed by atoms with Gasteiger partial charge in [0.15, 0.2) is 5.69 Å². The van der Waals surface area contributed by atoms with Gasteiger partial charge in [-0.15, -0.1) is 0 Å². The zero-order chi connectivity index (χ0) is 21.5. The smallest absolute Gasteiger partial charge is 0.330 e. The standard InChI is InChI=1S/C23H32N4O3/c1-2-3-15-26(19(28)14-13-17-9-7-8-10-17)20-21(24)27(23(30)25-22(20)29)16-18-11-5-4-6-12-18/h4-6,11-12,17H,2-3,7-10,13-16,24H2,1H3,(H,25,29,30). The van der Waals surface area contributed by atoms with E-state index in [4.69, 9.17) is 5.73 Å². The lowest BCUT2D eigenvalue weighted by molar-refractivity contribution is -0.118. The second-order valence-corrected chi connectivity index (χ2v) is 8.15. The van der Waals surface area contributed by atoms with Crippen LogP contribution in [0.2, 0.25) is 0 Å². The van der Waals surface area contributed by atoms with Crippen molar-refractivity contribution in [3.63, 3.8) is 0 Å². The second-order valence-electron chi connectivity index (χ2n) is 8.15. The first-order valence-electron chi connectivity index (χ1n) is 11.0. The molecule has 0 bridgehead atoms. The Labute approximate surface area is 176 Å². The number of amides is 1. The predicted octanol–water partition coefficient (Wildman–Crippen LogP) is 3.27. The van der Waals surface area contributed by atoms with Gasteiger partial charge < -0.3 is 10.6 Å². The van der Waals surface area contributed by atoms with E-state index in [1.807, 2.05) is 37.3 Å². The molecule has 1 aromatic carbocycles. The van der Waals surface area contributed by atoms with Crippen LogP contribution < -0.4 is 21.9 Å². The molecule has 1 saturated carbocycles. The summed E-state index contributed by atoms with van der Waals surface area (Å²) >= 11 is 0. The number of H-pyrrole nitrogens is 1. The molecule has 7 nitrogen and oxygen atoms in total. The Bertz CT molecular complexity index is 959. The van der Waals surface area contributed by atoms with Crippen LogP contribution in [0.1, 0.15) is 63.9 Å². The second kappa shape index (κ2) is 10.3. The molecule has 30 heavy (non-hydrogen) atoms. The highest BCUT2D eigenvalue weighted by atomic mass is 16.2. The maximum absolute atomic E-state index is 13.1. The molecule has 7 heteroatoms. The Morgan fingerprint density at radius 2 is 1.90 bits per heavy atom. The zero-order valence-electron chi connectivity index (χ0n) is 17.7. The minimum atomic E-state index is -0.605. The number of aromatic nitrogens is 2. The Hall–Kier alpha value is -2.83. The molecule has 0 saturated heterocycles. The molecule has 1 heterocycles. The van der Waals surface area contributed by atoms with Crippen molar-refractivity contribution < 1.29 is 4.79 Å². The van der Waals surface area contributed by atoms with Crippen molar-refractivity contribution >= 4 is 17.4 Å². The summed E-state index contributed by atoms with van der Waals surface area (Å²) in [7, 11) is 0. The van der Waals surface area contributed by atoms with E-state index in [0.29, 0.717) is 18.9 Å². The number of hydrogen-bond acceptors (Lipinski definition) is 4. The van der Waals surface area contributed by atoms with Gasteiger partial charge in [0, 0.05) is 13.0 Å². The Kier molecular flexibility index (Phi) is 7.49. The van der Waals surface area contributed by atoms with Crippen molar-refractivity contribution in [1.82, 2.24) is 9.55 Å². The molecular weight excluding hydrogens is 380 g/mol. The van der Waals surface area contributed by atoms with Gasteiger partial charge in [-0.2, -0.15) is 0 Å². The van der Waals surface area contributed by atoms with Gasteiger partial charge in [0.25, 0.3) is 5.56 Å². The number of nitrogens with two attached hydrogens (primary N) is 1. The highest BCUT2D eigenvalue weighted by Crippen LogP contribution is 2.29. The number of carbonyl (C=O) groups excluding carboxylic acids is 1. The number of anilines is 2. The van der Waals surface area contributed by atoms with Crippen LogP contribution >= 0.6 is 0 Å². The average Bonchev–Trinajstić information content (AvgIpc) is 3.26. The molecule has 1 aliphatic rings. The van der Waals surface area contributed by atoms with E-state index in [0.717, 1.165) is 24.8 Å². The molecule has 0 radical (unpaired) electrons. The predicted molar refractivity (Wildman–Crippen MR) is 120 cm³/mol. The summed E-state index contributed by atoms with van der Waals surface area (Å²) in [5.74, 6) is 0.528. The van der Waals surface area contributed by atoms with Gasteiger partial charge in [0.2, 0.25) is 5.91 Å². The molecule has 3 rings (SSSR count). The number of carbonyl (C=O) groups is 1. The highest BCUT2D eigenvalue weighted by molar-refractivity contribution is 5.95. The quantitative estimate of drug-likeness (QED) is 0.660. The number of hydrogen-bond donors (Lipinski definition) is 2. The monoisotopic (exact) mass is 412 g/mol. The van der Waals surface area contributed by atoms with Crippen LogP contribution in [0.3, 0.4) is 0 Å². The molecule has 1 aliphatic carbocycles. The van der Waals surface area contributed by atoms with Crippen LogP contribution in [-0.2, 0) is 11.3 Å². The van der Waals surface area contributed by atoms with Crippen LogP contribution in [0.5, 0.6) is 0 Å². The van der Waals surface area contributed by atoms with Crippen LogP contribution in [0.25, 0.3) is 0 Å². The zero-order valence-corrected chi connectivity index (χ0v) is 17.7. The molecule has 0 spiro atoms. The number of nitrogens with one attached hydrogen (secondary N) is 1. The van der Waals surface area contributed by atoms with Gasteiger partial charge in [-0.05, 0) is 24.3 Å². The molecule has 1 fully saturated rings. The summed E-state index contributed by atoms with van der Waals surface area (Å²) in [5.41, 5.74) is 6.11. The lowest BCUT2D eigenvalue weighted by Gasteiger charge is -2.25. The largest absolute Gasteiger partial charge is 0.383 e. The summed E-state index contributed by atoms with van der Waals surface area (Å²) in [6, 6.07) is 9.42. The number of nitrogens with zero attached hydrogens (tertiary/aromatic N) is 2. The summed E-state index contributed by atoms with van der Waals surface area (Å²) in [6.45, 7) is 2.68. The SMILES string of the molecule is CCCCN(C(=O)CCC1CCCC1)c1c(N)n(Cc2ccccc2)c(=O)[nH]c1=O. The van der Waals surface area contributed by atoms with E-state index in [1.165, 1.54) is 35.2 Å². The fourth-order valence-electron chi connectivity index (χ4n) is 4.20. The third-order valence-corrected chi connectivity index (χ3v) is 5.95. The van der Waals surface area contributed by atoms with E-state index in [-0.39, 0.29) is 24.0 Å². The van der Waals surface area contributed by atoms with Crippen molar-refractivity contribution in [3.05, 3.63) is 56.7 Å². The lowest BCUT2D eigenvalue weighted by Crippen LogP contribution is -2.41. The van der Waals surface area contributed by atoms with Crippen LogP contribution in [0.4, 0.5) is 11.5 Å². The van der Waals surface area contributed by atoms with E-state index in [1.54, 1.807) is 0 Å². The van der Waals surface area contributed by atoms with Gasteiger partial charge in [-0.1, -0.05) is 69.4 Å². The maximum Gasteiger partial charge on any atom is 0.330 e. The van der Waals surface area contributed by atoms with Crippen molar-refractivity contribution in [3.8, 4) is 0 Å².